The van der Waals surface area contributed by atoms with E-state index in [9.17, 15) is 4.79 Å². The number of carbonyl (C=O) groups excluding carboxylic acids is 1. The van der Waals surface area contributed by atoms with E-state index >= 15 is 0 Å². The number of ether oxygens (including phenoxy) is 2. The molecule has 0 radical (unpaired) electrons. The molecule has 1 aliphatic carbocycles. The van der Waals surface area contributed by atoms with Crippen molar-refractivity contribution in [3.05, 3.63) is 57.4 Å². The van der Waals surface area contributed by atoms with Gasteiger partial charge in [0.15, 0.2) is 17.3 Å². The Kier molecular flexibility index (Phi) is 4.66. The maximum absolute atomic E-state index is 13.4. The van der Waals surface area contributed by atoms with Crippen LogP contribution in [0.2, 0.25) is 0 Å². The number of Topliss-reactive ketones (excluding diaryl/α,β-unsaturated/α-hetero) is 1. The van der Waals surface area contributed by atoms with Crippen molar-refractivity contribution in [2.24, 2.45) is 0 Å². The number of ketones is 1. The topological polar surface area (TPSA) is 98.5 Å². The number of carbonyl (C=O) groups is 1. The summed E-state index contributed by atoms with van der Waals surface area (Å²) < 4.78 is 16.0. The fourth-order valence-corrected chi connectivity index (χ4v) is 5.03. The highest BCUT2D eigenvalue weighted by molar-refractivity contribution is 7.10. The number of aromatic nitrogens is 2. The van der Waals surface area contributed by atoms with Gasteiger partial charge in [0.25, 0.3) is 0 Å². The zero-order valence-corrected chi connectivity index (χ0v) is 17.3. The molecule has 2 aromatic heterocycles. The second-order valence-corrected chi connectivity index (χ2v) is 8.16. The molecule has 2 aliphatic rings. The van der Waals surface area contributed by atoms with Gasteiger partial charge in [0, 0.05) is 34.0 Å². The molecule has 154 valence electrons. The SMILES string of the molecule is COc1cccc([C@H]2Nc3nonc3NC3=C2C(=O)C[C@@H](c2cccs2)C3)c1OC. The predicted molar refractivity (Wildman–Crippen MR) is 112 cm³/mol. The minimum atomic E-state index is -0.484. The molecular formula is C21H20N4O4S. The molecule has 0 spiro atoms. The van der Waals surface area contributed by atoms with Crippen LogP contribution in [0.5, 0.6) is 11.5 Å². The maximum Gasteiger partial charge on any atom is 0.219 e. The lowest BCUT2D eigenvalue weighted by Crippen LogP contribution is -2.27. The number of methoxy groups -OCH3 is 2. The highest BCUT2D eigenvalue weighted by Gasteiger charge is 2.39. The van der Waals surface area contributed by atoms with Crippen LogP contribution in [0.15, 0.2) is 51.6 Å². The van der Waals surface area contributed by atoms with Crippen molar-refractivity contribution in [3.63, 3.8) is 0 Å². The summed E-state index contributed by atoms with van der Waals surface area (Å²) in [6.07, 6.45) is 1.14. The largest absolute Gasteiger partial charge is 0.493 e. The number of benzene rings is 1. The van der Waals surface area contributed by atoms with Gasteiger partial charge in [-0.3, -0.25) is 4.79 Å². The summed E-state index contributed by atoms with van der Waals surface area (Å²) >= 11 is 1.67. The van der Waals surface area contributed by atoms with Crippen molar-refractivity contribution in [2.45, 2.75) is 24.8 Å². The number of hydrogen-bond donors (Lipinski definition) is 2. The van der Waals surface area contributed by atoms with E-state index in [0.29, 0.717) is 41.5 Å². The van der Waals surface area contributed by atoms with Crippen LogP contribution >= 0.6 is 11.3 Å². The van der Waals surface area contributed by atoms with Crippen LogP contribution in [-0.2, 0) is 4.79 Å². The Morgan fingerprint density at radius 2 is 1.97 bits per heavy atom. The van der Waals surface area contributed by atoms with E-state index in [0.717, 1.165) is 11.3 Å². The van der Waals surface area contributed by atoms with Gasteiger partial charge in [-0.2, -0.15) is 0 Å². The van der Waals surface area contributed by atoms with Gasteiger partial charge < -0.3 is 20.1 Å². The van der Waals surface area contributed by atoms with Crippen LogP contribution in [0.3, 0.4) is 0 Å². The van der Waals surface area contributed by atoms with E-state index in [-0.39, 0.29) is 11.7 Å². The number of rotatable bonds is 4. The van der Waals surface area contributed by atoms with Crippen molar-refractivity contribution in [3.8, 4) is 11.5 Å². The van der Waals surface area contributed by atoms with Crippen molar-refractivity contribution >= 4 is 28.8 Å². The molecule has 0 unspecified atom stereocenters. The fraction of sp³-hybridized carbons (Fsp3) is 0.286. The highest BCUT2D eigenvalue weighted by atomic mass is 32.1. The van der Waals surface area contributed by atoms with Gasteiger partial charge >= 0.3 is 0 Å². The third-order valence-electron chi connectivity index (χ3n) is 5.53. The Morgan fingerprint density at radius 1 is 1.10 bits per heavy atom. The minimum absolute atomic E-state index is 0.0756. The molecule has 1 aromatic carbocycles. The summed E-state index contributed by atoms with van der Waals surface area (Å²) in [6.45, 7) is 0. The number of nitrogens with zero attached hydrogens (tertiary/aromatic N) is 2. The highest BCUT2D eigenvalue weighted by Crippen LogP contribution is 2.47. The molecule has 9 heteroatoms. The Hall–Kier alpha value is -3.33. The molecule has 5 rings (SSSR count). The van der Waals surface area contributed by atoms with Crippen LogP contribution < -0.4 is 20.1 Å². The first-order chi connectivity index (χ1) is 14.7. The zero-order valence-electron chi connectivity index (χ0n) is 16.5. The van der Waals surface area contributed by atoms with E-state index in [4.69, 9.17) is 14.1 Å². The first kappa shape index (κ1) is 18.7. The van der Waals surface area contributed by atoms with Gasteiger partial charge in [0.2, 0.25) is 11.6 Å². The van der Waals surface area contributed by atoms with Gasteiger partial charge in [0.05, 0.1) is 20.3 Å². The van der Waals surface area contributed by atoms with E-state index < -0.39 is 6.04 Å². The zero-order chi connectivity index (χ0) is 20.7. The summed E-state index contributed by atoms with van der Waals surface area (Å²) in [4.78, 5) is 14.6. The molecule has 2 atom stereocenters. The molecule has 0 amide bonds. The third-order valence-corrected chi connectivity index (χ3v) is 6.56. The number of thiophene rings is 1. The standard InChI is InChI=1S/C21H20N4O4S/c1-27-15-6-3-5-12(19(15)28-2)18-17-13(22-20-21(23-18)25-29-24-20)9-11(10-14(17)26)16-7-4-8-30-16/h3-8,11,18H,9-10H2,1-2H3,(H,22,24)(H,23,25)/t11-,18+/m0/s1. The van der Waals surface area contributed by atoms with E-state index in [1.54, 1.807) is 25.6 Å². The molecule has 3 heterocycles. The van der Waals surface area contributed by atoms with Gasteiger partial charge in [-0.15, -0.1) is 11.3 Å². The number of fused-ring (bicyclic) bond motifs is 1. The monoisotopic (exact) mass is 424 g/mol. The second kappa shape index (κ2) is 7.49. The van der Waals surface area contributed by atoms with Crippen molar-refractivity contribution < 1.29 is 18.9 Å². The van der Waals surface area contributed by atoms with Crippen molar-refractivity contribution in [1.82, 2.24) is 10.3 Å². The van der Waals surface area contributed by atoms with Crippen LogP contribution in [-0.4, -0.2) is 30.3 Å². The summed E-state index contributed by atoms with van der Waals surface area (Å²) in [6, 6.07) is 9.23. The van der Waals surface area contributed by atoms with Gasteiger partial charge in [-0.25, -0.2) is 4.63 Å². The molecule has 0 saturated carbocycles. The lowest BCUT2D eigenvalue weighted by molar-refractivity contribution is -0.116. The second-order valence-electron chi connectivity index (χ2n) is 7.18. The van der Waals surface area contributed by atoms with E-state index in [1.807, 2.05) is 29.6 Å². The molecule has 2 N–H and O–H groups in total. The van der Waals surface area contributed by atoms with E-state index in [2.05, 4.69) is 27.0 Å². The van der Waals surface area contributed by atoms with Gasteiger partial charge in [-0.1, -0.05) is 18.2 Å². The van der Waals surface area contributed by atoms with E-state index in [1.165, 1.54) is 4.88 Å². The molecule has 30 heavy (non-hydrogen) atoms. The normalized spacial score (nSPS) is 20.5. The summed E-state index contributed by atoms with van der Waals surface area (Å²) in [7, 11) is 3.18. The number of nitrogens with one attached hydrogen (secondary N) is 2. The average Bonchev–Trinajstić information content (AvgIpc) is 3.42. The number of hydrogen-bond acceptors (Lipinski definition) is 9. The van der Waals surface area contributed by atoms with Gasteiger partial charge in [-0.05, 0) is 34.2 Å². The lowest BCUT2D eigenvalue weighted by Gasteiger charge is -2.29. The first-order valence-electron chi connectivity index (χ1n) is 9.56. The quantitative estimate of drug-likeness (QED) is 0.645. The maximum atomic E-state index is 13.4. The van der Waals surface area contributed by atoms with Gasteiger partial charge in [0.1, 0.15) is 0 Å². The Morgan fingerprint density at radius 3 is 2.73 bits per heavy atom. The first-order valence-corrected chi connectivity index (χ1v) is 10.4. The average molecular weight is 424 g/mol. The Balaban J connectivity index is 1.65. The fourth-order valence-electron chi connectivity index (χ4n) is 4.20. The third kappa shape index (κ3) is 3.02. The van der Waals surface area contributed by atoms with Crippen LogP contribution in [0, 0.1) is 0 Å². The smallest absolute Gasteiger partial charge is 0.219 e. The molecule has 0 bridgehead atoms. The van der Waals surface area contributed by atoms with Crippen molar-refractivity contribution in [2.75, 3.05) is 24.9 Å². The number of anilines is 2. The minimum Gasteiger partial charge on any atom is -0.493 e. The molecule has 1 aliphatic heterocycles. The van der Waals surface area contributed by atoms with Crippen LogP contribution in [0.1, 0.15) is 35.2 Å². The van der Waals surface area contributed by atoms with Crippen molar-refractivity contribution in [1.29, 1.82) is 0 Å². The predicted octanol–water partition coefficient (Wildman–Crippen LogP) is 4.13. The Bertz CT molecular complexity index is 1120. The lowest BCUT2D eigenvalue weighted by atomic mass is 9.80. The Labute approximate surface area is 176 Å². The molecule has 0 saturated heterocycles. The summed E-state index contributed by atoms with van der Waals surface area (Å²) in [5.41, 5.74) is 2.26. The molecule has 3 aromatic rings. The molecular weight excluding hydrogens is 404 g/mol. The van der Waals surface area contributed by atoms with Crippen LogP contribution in [0.4, 0.5) is 11.6 Å². The number of allylic oxidation sites excluding steroid dienone is 1. The van der Waals surface area contributed by atoms with Crippen LogP contribution in [0.25, 0.3) is 0 Å². The summed E-state index contributed by atoms with van der Waals surface area (Å²) in [5, 5.41) is 16.6. The summed E-state index contributed by atoms with van der Waals surface area (Å²) in [5.74, 6) is 2.27. The number of para-hydroxylation sites is 1. The molecule has 0 fully saturated rings. The molecule has 8 nitrogen and oxygen atoms in total.